The van der Waals surface area contributed by atoms with Crippen molar-refractivity contribution in [2.75, 3.05) is 23.9 Å². The maximum absolute atomic E-state index is 13.6. The predicted molar refractivity (Wildman–Crippen MR) is 119 cm³/mol. The van der Waals surface area contributed by atoms with Crippen LogP contribution in [0, 0.1) is 5.82 Å². The van der Waals surface area contributed by atoms with Crippen LogP contribution in [0.15, 0.2) is 55.1 Å². The smallest absolute Gasteiger partial charge is 0.412 e. The van der Waals surface area contributed by atoms with E-state index in [9.17, 15) is 14.0 Å². The number of hydrogen-bond donors (Lipinski definition) is 1. The summed E-state index contributed by atoms with van der Waals surface area (Å²) < 4.78 is 20.0. The lowest BCUT2D eigenvalue weighted by atomic mass is 10.0. The first-order valence-electron chi connectivity index (χ1n) is 10.3. The molecule has 2 amide bonds. The van der Waals surface area contributed by atoms with Gasteiger partial charge in [-0.05, 0) is 48.7 Å². The van der Waals surface area contributed by atoms with Crippen LogP contribution in [0.1, 0.15) is 22.5 Å². The van der Waals surface area contributed by atoms with Gasteiger partial charge in [0.2, 0.25) is 0 Å². The van der Waals surface area contributed by atoms with E-state index in [1.165, 1.54) is 25.4 Å². The highest BCUT2D eigenvalue weighted by Crippen LogP contribution is 2.29. The molecule has 0 saturated carbocycles. The average molecular weight is 446 g/mol. The molecule has 1 aromatic carbocycles. The maximum atomic E-state index is 13.6. The number of nitrogens with zero attached hydrogens (tertiary/aromatic N) is 5. The van der Waals surface area contributed by atoms with Gasteiger partial charge in [0.25, 0.3) is 5.91 Å². The van der Waals surface area contributed by atoms with Gasteiger partial charge in [-0.1, -0.05) is 0 Å². The average Bonchev–Trinajstić information content (AvgIpc) is 3.26. The number of methoxy groups -OCH3 is 1. The first-order valence-corrected chi connectivity index (χ1v) is 10.3. The molecule has 9 nitrogen and oxygen atoms in total. The second-order valence-corrected chi connectivity index (χ2v) is 7.53. The molecule has 0 radical (unpaired) electrons. The molecule has 33 heavy (non-hydrogen) atoms. The van der Waals surface area contributed by atoms with E-state index in [-0.39, 0.29) is 17.4 Å². The van der Waals surface area contributed by atoms with E-state index in [2.05, 4.69) is 25.0 Å². The lowest BCUT2D eigenvalue weighted by Crippen LogP contribution is -2.36. The first kappa shape index (κ1) is 20.6. The molecule has 4 aromatic rings. The molecule has 1 aliphatic heterocycles. The van der Waals surface area contributed by atoms with Crippen LogP contribution in [-0.4, -0.2) is 45.0 Å². The number of nitrogens with one attached hydrogen (secondary N) is 1. The van der Waals surface area contributed by atoms with Gasteiger partial charge in [0, 0.05) is 30.2 Å². The molecule has 166 valence electrons. The summed E-state index contributed by atoms with van der Waals surface area (Å²) >= 11 is 0. The third-order valence-electron chi connectivity index (χ3n) is 5.50. The number of aromatic nitrogens is 4. The van der Waals surface area contributed by atoms with Crippen molar-refractivity contribution in [3.05, 3.63) is 72.2 Å². The monoisotopic (exact) mass is 446 g/mol. The number of fused-ring (bicyclic) bond motifs is 2. The Labute approximate surface area is 187 Å². The van der Waals surface area contributed by atoms with Crippen molar-refractivity contribution >= 4 is 29.2 Å². The molecule has 0 aliphatic carbocycles. The van der Waals surface area contributed by atoms with Crippen molar-refractivity contribution < 1.29 is 18.7 Å². The topological polar surface area (TPSA) is 102 Å². The van der Waals surface area contributed by atoms with Crippen LogP contribution < -0.4 is 10.2 Å². The molecule has 0 saturated heterocycles. The Morgan fingerprint density at radius 2 is 1.97 bits per heavy atom. The second kappa shape index (κ2) is 8.30. The van der Waals surface area contributed by atoms with Crippen molar-refractivity contribution in [1.82, 2.24) is 19.4 Å². The highest BCUT2D eigenvalue weighted by Gasteiger charge is 2.25. The minimum absolute atomic E-state index is 0.246. The molecular formula is C23H19FN6O3. The zero-order chi connectivity index (χ0) is 22.9. The highest BCUT2D eigenvalue weighted by molar-refractivity contribution is 6.05. The van der Waals surface area contributed by atoms with Crippen LogP contribution in [0.25, 0.3) is 16.9 Å². The fourth-order valence-electron chi connectivity index (χ4n) is 3.90. The minimum Gasteiger partial charge on any atom is -0.453 e. The summed E-state index contributed by atoms with van der Waals surface area (Å²) in [7, 11) is 1.27. The second-order valence-electron chi connectivity index (χ2n) is 7.53. The van der Waals surface area contributed by atoms with Gasteiger partial charge < -0.3 is 9.64 Å². The minimum atomic E-state index is -0.610. The fraction of sp³-hybridized carbons (Fsp3) is 0.174. The van der Waals surface area contributed by atoms with Gasteiger partial charge in [0.05, 0.1) is 25.2 Å². The number of pyridine rings is 1. The van der Waals surface area contributed by atoms with E-state index < -0.39 is 6.09 Å². The largest absolute Gasteiger partial charge is 0.453 e. The van der Waals surface area contributed by atoms with Gasteiger partial charge in [-0.2, -0.15) is 0 Å². The van der Waals surface area contributed by atoms with Gasteiger partial charge in [-0.25, -0.2) is 24.1 Å². The van der Waals surface area contributed by atoms with Crippen LogP contribution in [0.2, 0.25) is 0 Å². The summed E-state index contributed by atoms with van der Waals surface area (Å²) in [6.07, 6.45) is 7.29. The van der Waals surface area contributed by atoms with E-state index in [0.717, 1.165) is 24.0 Å². The van der Waals surface area contributed by atoms with E-state index in [0.29, 0.717) is 29.4 Å². The molecule has 0 spiro atoms. The van der Waals surface area contributed by atoms with Crippen molar-refractivity contribution in [1.29, 1.82) is 0 Å². The Morgan fingerprint density at radius 1 is 1.09 bits per heavy atom. The van der Waals surface area contributed by atoms with Gasteiger partial charge in [-0.3, -0.25) is 14.5 Å². The Kier molecular flexibility index (Phi) is 5.17. The third kappa shape index (κ3) is 3.86. The summed E-state index contributed by atoms with van der Waals surface area (Å²) in [6, 6.07) is 7.89. The molecule has 3 aromatic heterocycles. The Hall–Kier alpha value is -4.34. The van der Waals surface area contributed by atoms with Gasteiger partial charge in [0.1, 0.15) is 17.3 Å². The number of ether oxygens (including phenoxy) is 1. The van der Waals surface area contributed by atoms with Crippen molar-refractivity contribution in [3.8, 4) is 11.3 Å². The molecule has 4 heterocycles. The van der Waals surface area contributed by atoms with Gasteiger partial charge in [0.15, 0.2) is 5.65 Å². The molecule has 5 rings (SSSR count). The van der Waals surface area contributed by atoms with Crippen LogP contribution >= 0.6 is 0 Å². The number of carbonyl (C=O) groups excluding carboxylic acids is 2. The quantitative estimate of drug-likeness (QED) is 0.515. The summed E-state index contributed by atoms with van der Waals surface area (Å²) in [5.74, 6) is -0.232. The number of anilines is 2. The van der Waals surface area contributed by atoms with Gasteiger partial charge in [-0.15, -0.1) is 0 Å². The predicted octanol–water partition coefficient (Wildman–Crippen LogP) is 3.70. The van der Waals surface area contributed by atoms with E-state index >= 15 is 0 Å². The molecule has 10 heteroatoms. The SMILES string of the molecule is COC(=O)Nc1ccc(-c2cnc3cnc(C(=O)N4CCCc5cc(F)ccc54)cn23)cn1. The number of rotatable bonds is 3. The number of hydrogen-bond acceptors (Lipinski definition) is 6. The number of aryl methyl sites for hydroxylation is 1. The lowest BCUT2D eigenvalue weighted by Gasteiger charge is -2.29. The molecular weight excluding hydrogens is 427 g/mol. The molecule has 1 aliphatic rings. The summed E-state index contributed by atoms with van der Waals surface area (Å²) in [4.78, 5) is 39.2. The Bertz CT molecular complexity index is 1370. The van der Waals surface area contributed by atoms with Gasteiger partial charge >= 0.3 is 6.09 Å². The third-order valence-corrected chi connectivity index (χ3v) is 5.50. The van der Waals surface area contributed by atoms with Crippen LogP contribution in [0.5, 0.6) is 0 Å². The van der Waals surface area contributed by atoms with E-state index in [1.54, 1.807) is 46.1 Å². The fourth-order valence-corrected chi connectivity index (χ4v) is 3.90. The molecule has 0 atom stereocenters. The standard InChI is InChI=1S/C23H19FN6O3/c1-33-23(32)28-20-7-4-15(10-26-20)19-11-27-21-12-25-17(13-30(19)21)22(31)29-8-2-3-14-9-16(24)5-6-18(14)29/h4-7,9-13H,2-3,8H2,1H3,(H,26,28,32). The van der Waals surface area contributed by atoms with E-state index in [4.69, 9.17) is 0 Å². The highest BCUT2D eigenvalue weighted by atomic mass is 19.1. The van der Waals surface area contributed by atoms with Crippen molar-refractivity contribution in [3.63, 3.8) is 0 Å². The van der Waals surface area contributed by atoms with E-state index in [1.807, 2.05) is 0 Å². The summed E-state index contributed by atoms with van der Waals surface area (Å²) in [6.45, 7) is 0.534. The van der Waals surface area contributed by atoms with Crippen LogP contribution in [0.4, 0.5) is 20.7 Å². The molecule has 0 unspecified atom stereocenters. The van der Waals surface area contributed by atoms with Crippen molar-refractivity contribution in [2.24, 2.45) is 0 Å². The molecule has 0 fully saturated rings. The number of halogens is 1. The zero-order valence-corrected chi connectivity index (χ0v) is 17.7. The molecule has 1 N–H and O–H groups in total. The number of imidazole rings is 1. The normalized spacial score (nSPS) is 13.0. The van der Waals surface area contributed by atoms with Crippen LogP contribution in [0.3, 0.4) is 0 Å². The lowest BCUT2D eigenvalue weighted by molar-refractivity contribution is 0.0979. The number of carbonyl (C=O) groups is 2. The number of amides is 2. The number of benzene rings is 1. The van der Waals surface area contributed by atoms with Crippen molar-refractivity contribution in [2.45, 2.75) is 12.8 Å². The summed E-state index contributed by atoms with van der Waals surface area (Å²) in [5.41, 5.74) is 3.78. The Morgan fingerprint density at radius 3 is 2.76 bits per heavy atom. The zero-order valence-electron chi connectivity index (χ0n) is 17.7. The van der Waals surface area contributed by atoms with Crippen LogP contribution in [-0.2, 0) is 11.2 Å². The first-order chi connectivity index (χ1) is 16.0. The summed E-state index contributed by atoms with van der Waals surface area (Å²) in [5, 5.41) is 2.49. The molecule has 0 bridgehead atoms. The Balaban J connectivity index is 1.47. The maximum Gasteiger partial charge on any atom is 0.412 e.